The predicted molar refractivity (Wildman–Crippen MR) is 67.5 cm³/mol. The van der Waals surface area contributed by atoms with Crippen molar-refractivity contribution in [1.29, 1.82) is 0 Å². The molecule has 1 fully saturated rings. The third-order valence-corrected chi connectivity index (χ3v) is 2.60. The zero-order chi connectivity index (χ0) is 14.2. The number of carbonyl (C=O) groups is 2. The molecule has 1 aliphatic heterocycles. The molecule has 0 radical (unpaired) electrons. The van der Waals surface area contributed by atoms with Crippen LogP contribution >= 0.6 is 0 Å². The lowest BCUT2D eigenvalue weighted by molar-refractivity contribution is -0.185. The molecule has 20 heavy (non-hydrogen) atoms. The molecule has 0 spiro atoms. The van der Waals surface area contributed by atoms with Crippen LogP contribution in [-0.2, 0) is 35.1 Å². The van der Waals surface area contributed by atoms with Crippen molar-refractivity contribution in [3.05, 3.63) is 35.9 Å². The summed E-state index contributed by atoms with van der Waals surface area (Å²) in [6, 6.07) is 9.24. The minimum absolute atomic E-state index is 0.141. The van der Waals surface area contributed by atoms with Crippen molar-refractivity contribution in [2.45, 2.75) is 19.1 Å². The van der Waals surface area contributed by atoms with Gasteiger partial charge in [-0.3, -0.25) is 9.59 Å². The second-order valence-electron chi connectivity index (χ2n) is 4.29. The zero-order valence-electron chi connectivity index (χ0n) is 10.9. The number of carbonyl (C=O) groups excluding carboxylic acids is 2. The van der Waals surface area contributed by atoms with E-state index < -0.39 is 24.5 Å². The molecule has 0 saturated carbocycles. The first kappa shape index (κ1) is 14.5. The lowest BCUT2D eigenvalue weighted by Crippen LogP contribution is -2.34. The van der Waals surface area contributed by atoms with E-state index in [1.54, 1.807) is 0 Å². The molecule has 1 aromatic rings. The molecule has 1 heterocycles. The van der Waals surface area contributed by atoms with Crippen LogP contribution < -0.4 is 0 Å². The van der Waals surface area contributed by atoms with Gasteiger partial charge in [-0.25, -0.2) is 0 Å². The Morgan fingerprint density at radius 3 is 2.50 bits per heavy atom. The van der Waals surface area contributed by atoms with E-state index in [-0.39, 0.29) is 26.6 Å². The van der Waals surface area contributed by atoms with E-state index >= 15 is 0 Å². The molecule has 0 atom stereocenters. The first-order chi connectivity index (χ1) is 9.74. The van der Waals surface area contributed by atoms with Gasteiger partial charge in [-0.05, 0) is 5.56 Å². The van der Waals surface area contributed by atoms with Gasteiger partial charge < -0.3 is 18.9 Å². The fraction of sp³-hybridized carbons (Fsp3) is 0.429. The van der Waals surface area contributed by atoms with Gasteiger partial charge in [0.25, 0.3) is 0 Å². The Morgan fingerprint density at radius 2 is 1.80 bits per heavy atom. The highest BCUT2D eigenvalue weighted by atomic mass is 16.7. The average molecular weight is 280 g/mol. The molecule has 0 aromatic heterocycles. The fourth-order valence-corrected chi connectivity index (χ4v) is 1.67. The van der Waals surface area contributed by atoms with Gasteiger partial charge in [0, 0.05) is 0 Å². The second-order valence-corrected chi connectivity index (χ2v) is 4.29. The average Bonchev–Trinajstić information content (AvgIpc) is 2.47. The number of hydrogen-bond donors (Lipinski definition) is 0. The third kappa shape index (κ3) is 4.99. The molecular formula is C14H16O6. The van der Waals surface area contributed by atoms with Gasteiger partial charge in [-0.15, -0.1) is 0 Å². The Bertz CT molecular complexity index is 438. The third-order valence-electron chi connectivity index (χ3n) is 2.60. The smallest absolute Gasteiger partial charge is 0.317 e. The first-order valence-corrected chi connectivity index (χ1v) is 6.28. The highest BCUT2D eigenvalue weighted by Gasteiger charge is 2.21. The summed E-state index contributed by atoms with van der Waals surface area (Å²) in [6.07, 6.45) is -0.873. The molecule has 6 nitrogen and oxygen atoms in total. The second kappa shape index (κ2) is 7.62. The van der Waals surface area contributed by atoms with Gasteiger partial charge in [-0.2, -0.15) is 0 Å². The number of esters is 2. The summed E-state index contributed by atoms with van der Waals surface area (Å²) in [5.74, 6) is -1.25. The summed E-state index contributed by atoms with van der Waals surface area (Å²) in [7, 11) is 0. The van der Waals surface area contributed by atoms with Crippen molar-refractivity contribution in [3.8, 4) is 0 Å². The van der Waals surface area contributed by atoms with Crippen LogP contribution in [0.2, 0.25) is 0 Å². The van der Waals surface area contributed by atoms with E-state index in [9.17, 15) is 9.59 Å². The van der Waals surface area contributed by atoms with Crippen LogP contribution in [0.3, 0.4) is 0 Å². The van der Waals surface area contributed by atoms with Crippen molar-refractivity contribution < 1.29 is 28.5 Å². The summed E-state index contributed by atoms with van der Waals surface area (Å²) in [5.41, 5.74) is 0.864. The van der Waals surface area contributed by atoms with Crippen LogP contribution in [-0.4, -0.2) is 38.0 Å². The first-order valence-electron chi connectivity index (χ1n) is 6.28. The number of hydrogen-bond acceptors (Lipinski definition) is 6. The van der Waals surface area contributed by atoms with E-state index in [2.05, 4.69) is 0 Å². The minimum Gasteiger partial charge on any atom is -0.460 e. The Morgan fingerprint density at radius 1 is 1.10 bits per heavy atom. The molecule has 0 bridgehead atoms. The largest absolute Gasteiger partial charge is 0.460 e. The van der Waals surface area contributed by atoms with Crippen molar-refractivity contribution in [2.24, 2.45) is 0 Å². The minimum atomic E-state index is -0.637. The maximum absolute atomic E-state index is 11.5. The summed E-state index contributed by atoms with van der Waals surface area (Å²) in [5, 5.41) is 0. The predicted octanol–water partition coefficient (Wildman–Crippen LogP) is 1.04. The van der Waals surface area contributed by atoms with Crippen LogP contribution in [0.1, 0.15) is 12.0 Å². The Kier molecular flexibility index (Phi) is 5.52. The van der Waals surface area contributed by atoms with Gasteiger partial charge >= 0.3 is 11.9 Å². The zero-order valence-corrected chi connectivity index (χ0v) is 10.9. The van der Waals surface area contributed by atoms with Crippen molar-refractivity contribution >= 4 is 11.9 Å². The number of rotatable bonds is 5. The lowest BCUT2D eigenvalue weighted by atomic mass is 10.2. The van der Waals surface area contributed by atoms with E-state index in [4.69, 9.17) is 18.9 Å². The molecule has 0 N–H and O–H groups in total. The van der Waals surface area contributed by atoms with Crippen molar-refractivity contribution in [2.75, 3.05) is 20.0 Å². The number of benzene rings is 1. The standard InChI is InChI=1S/C14H16O6/c15-13(19-7-11-4-2-1-3-5-11)6-14(16)20-12-8-17-10-18-9-12/h1-5,12H,6-10H2. The molecule has 1 aromatic carbocycles. The van der Waals surface area contributed by atoms with Gasteiger partial charge in [0.1, 0.15) is 25.9 Å². The summed E-state index contributed by atoms with van der Waals surface area (Å²) < 4.78 is 20.0. The van der Waals surface area contributed by atoms with Crippen molar-refractivity contribution in [3.63, 3.8) is 0 Å². The van der Waals surface area contributed by atoms with Crippen LogP contribution in [0.15, 0.2) is 30.3 Å². The molecule has 0 unspecified atom stereocenters. The summed E-state index contributed by atoms with van der Waals surface area (Å²) in [6.45, 7) is 0.908. The molecule has 2 rings (SSSR count). The Hall–Kier alpha value is -1.92. The normalized spacial score (nSPS) is 15.6. The quantitative estimate of drug-likeness (QED) is 0.593. The fourth-order valence-electron chi connectivity index (χ4n) is 1.67. The highest BCUT2D eigenvalue weighted by molar-refractivity contribution is 5.91. The van der Waals surface area contributed by atoms with E-state index in [1.807, 2.05) is 30.3 Å². The molecule has 0 aliphatic carbocycles. The van der Waals surface area contributed by atoms with Crippen molar-refractivity contribution in [1.82, 2.24) is 0 Å². The van der Waals surface area contributed by atoms with Crippen LogP contribution in [0, 0.1) is 0 Å². The summed E-state index contributed by atoms with van der Waals surface area (Å²) >= 11 is 0. The topological polar surface area (TPSA) is 71.1 Å². The Balaban J connectivity index is 1.67. The lowest BCUT2D eigenvalue weighted by Gasteiger charge is -2.22. The SMILES string of the molecule is O=C(CC(=O)OC1COCOC1)OCc1ccccc1. The maximum Gasteiger partial charge on any atom is 0.317 e. The highest BCUT2D eigenvalue weighted by Crippen LogP contribution is 2.05. The van der Waals surface area contributed by atoms with Gasteiger partial charge in [0.2, 0.25) is 0 Å². The molecule has 0 amide bonds. The Labute approximate surface area is 116 Å². The molecular weight excluding hydrogens is 264 g/mol. The number of ether oxygens (including phenoxy) is 4. The van der Waals surface area contributed by atoms with E-state index in [0.717, 1.165) is 5.56 Å². The van der Waals surface area contributed by atoms with Gasteiger partial charge in [0.05, 0.1) is 13.2 Å². The molecule has 108 valence electrons. The monoisotopic (exact) mass is 280 g/mol. The maximum atomic E-state index is 11.5. The van der Waals surface area contributed by atoms with Gasteiger partial charge in [-0.1, -0.05) is 30.3 Å². The molecule has 1 saturated heterocycles. The van der Waals surface area contributed by atoms with Crippen LogP contribution in [0.5, 0.6) is 0 Å². The van der Waals surface area contributed by atoms with E-state index in [0.29, 0.717) is 0 Å². The summed E-state index contributed by atoms with van der Waals surface area (Å²) in [4.78, 5) is 23.0. The molecule has 6 heteroatoms. The van der Waals surface area contributed by atoms with Gasteiger partial charge in [0.15, 0.2) is 0 Å². The van der Waals surface area contributed by atoms with Crippen LogP contribution in [0.4, 0.5) is 0 Å². The van der Waals surface area contributed by atoms with Crippen LogP contribution in [0.25, 0.3) is 0 Å². The van der Waals surface area contributed by atoms with E-state index in [1.165, 1.54) is 0 Å². The molecule has 1 aliphatic rings.